The summed E-state index contributed by atoms with van der Waals surface area (Å²) in [6.07, 6.45) is 6.73. The first-order valence-corrected chi connectivity index (χ1v) is 5.18. The van der Waals surface area contributed by atoms with Crippen LogP contribution in [0, 0.1) is 5.92 Å². The van der Waals surface area contributed by atoms with Gasteiger partial charge in [0.2, 0.25) is 0 Å². The fourth-order valence-corrected chi connectivity index (χ4v) is 1.61. The van der Waals surface area contributed by atoms with Crippen LogP contribution in [0.5, 0.6) is 0 Å². The van der Waals surface area contributed by atoms with E-state index in [1.807, 2.05) is 0 Å². The zero-order valence-electron chi connectivity index (χ0n) is 8.09. The Morgan fingerprint density at radius 3 is 2.67 bits per heavy atom. The van der Waals surface area contributed by atoms with Gasteiger partial charge in [-0.15, -0.1) is 0 Å². The molecule has 0 aliphatic heterocycles. The normalized spacial score (nSPS) is 28.5. The van der Waals surface area contributed by atoms with Gasteiger partial charge in [-0.05, 0) is 31.7 Å². The lowest BCUT2D eigenvalue weighted by Gasteiger charge is -2.34. The summed E-state index contributed by atoms with van der Waals surface area (Å²) in [5.74, 6) is 0.751. The van der Waals surface area contributed by atoms with Crippen LogP contribution in [0.25, 0.3) is 0 Å². The Hall–Kier alpha value is -0.0800. The molecule has 1 aliphatic rings. The predicted octanol–water partition coefficient (Wildman–Crippen LogP) is 1.93. The van der Waals surface area contributed by atoms with Crippen molar-refractivity contribution in [3.63, 3.8) is 0 Å². The summed E-state index contributed by atoms with van der Waals surface area (Å²) < 4.78 is 5.66. The second kappa shape index (κ2) is 5.55. The molecule has 1 aliphatic carbocycles. The van der Waals surface area contributed by atoms with Crippen LogP contribution >= 0.6 is 0 Å². The minimum atomic E-state index is 0.537. The van der Waals surface area contributed by atoms with Gasteiger partial charge >= 0.3 is 0 Å². The molecule has 0 heterocycles. The molecule has 0 amide bonds. The molecule has 0 aromatic carbocycles. The van der Waals surface area contributed by atoms with Crippen molar-refractivity contribution in [2.24, 2.45) is 11.7 Å². The lowest BCUT2D eigenvalue weighted by atomic mass is 9.82. The second-order valence-corrected chi connectivity index (χ2v) is 3.77. The molecule has 72 valence electrons. The fraction of sp³-hybridized carbons (Fsp3) is 1.00. The molecule has 1 fully saturated rings. The van der Waals surface area contributed by atoms with E-state index in [0.717, 1.165) is 19.1 Å². The highest BCUT2D eigenvalue weighted by Gasteiger charge is 2.27. The summed E-state index contributed by atoms with van der Waals surface area (Å²) in [4.78, 5) is 0. The standard InChI is InChI=1S/C10H21NO/c1-2-3-4-5-12-10-6-9(7-10)8-11/h9-10H,2-8,11H2,1H3. The van der Waals surface area contributed by atoms with E-state index >= 15 is 0 Å². The van der Waals surface area contributed by atoms with Gasteiger partial charge in [0.25, 0.3) is 0 Å². The lowest BCUT2D eigenvalue weighted by molar-refractivity contribution is -0.0290. The Bertz CT molecular complexity index is 110. The van der Waals surface area contributed by atoms with Crippen molar-refractivity contribution in [3.05, 3.63) is 0 Å². The van der Waals surface area contributed by atoms with Gasteiger partial charge in [0, 0.05) is 6.61 Å². The van der Waals surface area contributed by atoms with E-state index in [4.69, 9.17) is 10.5 Å². The van der Waals surface area contributed by atoms with Crippen molar-refractivity contribution in [1.82, 2.24) is 0 Å². The van der Waals surface area contributed by atoms with Gasteiger partial charge < -0.3 is 10.5 Å². The molecule has 0 atom stereocenters. The maximum absolute atomic E-state index is 5.66. The molecule has 0 spiro atoms. The zero-order valence-corrected chi connectivity index (χ0v) is 8.09. The monoisotopic (exact) mass is 171 g/mol. The minimum Gasteiger partial charge on any atom is -0.378 e. The molecular formula is C10H21NO. The minimum absolute atomic E-state index is 0.537. The average Bonchev–Trinajstić information content (AvgIpc) is 2.01. The lowest BCUT2D eigenvalue weighted by Crippen LogP contribution is -2.36. The number of unbranched alkanes of at least 4 members (excludes halogenated alkanes) is 2. The maximum Gasteiger partial charge on any atom is 0.0581 e. The summed E-state index contributed by atoms with van der Waals surface area (Å²) in [5, 5.41) is 0. The molecule has 1 rings (SSSR count). The molecule has 1 saturated carbocycles. The van der Waals surface area contributed by atoms with Gasteiger partial charge in [-0.3, -0.25) is 0 Å². The van der Waals surface area contributed by atoms with Gasteiger partial charge in [0.05, 0.1) is 6.10 Å². The quantitative estimate of drug-likeness (QED) is 0.620. The number of ether oxygens (including phenoxy) is 1. The number of rotatable bonds is 6. The third-order valence-electron chi connectivity index (χ3n) is 2.63. The molecule has 12 heavy (non-hydrogen) atoms. The van der Waals surface area contributed by atoms with E-state index in [1.54, 1.807) is 0 Å². The van der Waals surface area contributed by atoms with Crippen LogP contribution in [0.4, 0.5) is 0 Å². The summed E-state index contributed by atoms with van der Waals surface area (Å²) in [6, 6.07) is 0. The predicted molar refractivity (Wildman–Crippen MR) is 51.0 cm³/mol. The number of hydrogen-bond acceptors (Lipinski definition) is 2. The Kier molecular flexibility index (Phi) is 4.62. The SMILES string of the molecule is CCCCCOC1CC(CN)C1. The van der Waals surface area contributed by atoms with E-state index in [1.165, 1.54) is 32.1 Å². The second-order valence-electron chi connectivity index (χ2n) is 3.77. The van der Waals surface area contributed by atoms with Crippen molar-refractivity contribution >= 4 is 0 Å². The Labute approximate surface area is 75.5 Å². The largest absolute Gasteiger partial charge is 0.378 e. The Morgan fingerprint density at radius 2 is 2.08 bits per heavy atom. The molecule has 2 heteroatoms. The van der Waals surface area contributed by atoms with Crippen LogP contribution in [0.2, 0.25) is 0 Å². The number of nitrogens with two attached hydrogens (primary N) is 1. The summed E-state index contributed by atoms with van der Waals surface area (Å²) in [5.41, 5.74) is 5.52. The van der Waals surface area contributed by atoms with Crippen LogP contribution in [0.15, 0.2) is 0 Å². The van der Waals surface area contributed by atoms with Crippen LogP contribution in [-0.2, 0) is 4.74 Å². The molecular weight excluding hydrogens is 150 g/mol. The third kappa shape index (κ3) is 3.11. The van der Waals surface area contributed by atoms with E-state index in [0.29, 0.717) is 6.10 Å². The van der Waals surface area contributed by atoms with Gasteiger partial charge in [-0.25, -0.2) is 0 Å². The van der Waals surface area contributed by atoms with E-state index in [2.05, 4.69) is 6.92 Å². The van der Waals surface area contributed by atoms with Gasteiger partial charge in [0.15, 0.2) is 0 Å². The van der Waals surface area contributed by atoms with E-state index in [-0.39, 0.29) is 0 Å². The van der Waals surface area contributed by atoms with Crippen molar-refractivity contribution < 1.29 is 4.74 Å². The van der Waals surface area contributed by atoms with Gasteiger partial charge in [0.1, 0.15) is 0 Å². The maximum atomic E-state index is 5.66. The number of hydrogen-bond donors (Lipinski definition) is 1. The smallest absolute Gasteiger partial charge is 0.0581 e. The molecule has 2 N–H and O–H groups in total. The van der Waals surface area contributed by atoms with Crippen LogP contribution < -0.4 is 5.73 Å². The molecule has 2 nitrogen and oxygen atoms in total. The Balaban J connectivity index is 1.83. The summed E-state index contributed by atoms with van der Waals surface area (Å²) in [7, 11) is 0. The first kappa shape index (κ1) is 10.0. The molecule has 0 unspecified atom stereocenters. The molecule has 0 bridgehead atoms. The first-order valence-electron chi connectivity index (χ1n) is 5.18. The van der Waals surface area contributed by atoms with Gasteiger partial charge in [-0.1, -0.05) is 19.8 Å². The van der Waals surface area contributed by atoms with Crippen LogP contribution in [0.3, 0.4) is 0 Å². The summed E-state index contributed by atoms with van der Waals surface area (Å²) in [6.45, 7) is 4.01. The van der Waals surface area contributed by atoms with Gasteiger partial charge in [-0.2, -0.15) is 0 Å². The first-order chi connectivity index (χ1) is 5.86. The molecule has 0 aromatic rings. The van der Waals surface area contributed by atoms with E-state index in [9.17, 15) is 0 Å². The third-order valence-corrected chi connectivity index (χ3v) is 2.63. The average molecular weight is 171 g/mol. The zero-order chi connectivity index (χ0) is 8.81. The summed E-state index contributed by atoms with van der Waals surface area (Å²) >= 11 is 0. The van der Waals surface area contributed by atoms with Crippen molar-refractivity contribution in [2.75, 3.05) is 13.2 Å². The molecule has 0 saturated heterocycles. The highest BCUT2D eigenvalue weighted by atomic mass is 16.5. The van der Waals surface area contributed by atoms with Crippen LogP contribution in [0.1, 0.15) is 39.0 Å². The molecule has 0 radical (unpaired) electrons. The highest BCUT2D eigenvalue weighted by molar-refractivity contribution is 4.80. The Morgan fingerprint density at radius 1 is 1.33 bits per heavy atom. The van der Waals surface area contributed by atoms with Crippen molar-refractivity contribution in [3.8, 4) is 0 Å². The highest BCUT2D eigenvalue weighted by Crippen LogP contribution is 2.28. The van der Waals surface area contributed by atoms with E-state index < -0.39 is 0 Å². The topological polar surface area (TPSA) is 35.2 Å². The molecule has 0 aromatic heterocycles. The van der Waals surface area contributed by atoms with Crippen molar-refractivity contribution in [2.45, 2.75) is 45.1 Å². The van der Waals surface area contributed by atoms with Crippen LogP contribution in [-0.4, -0.2) is 19.3 Å². The fourth-order valence-electron chi connectivity index (χ4n) is 1.61. The van der Waals surface area contributed by atoms with Crippen molar-refractivity contribution in [1.29, 1.82) is 0 Å².